The second-order valence-electron chi connectivity index (χ2n) is 6.19. The Morgan fingerprint density at radius 1 is 0.920 bits per heavy atom. The number of aliphatic hydroxyl groups is 1. The van der Waals surface area contributed by atoms with Gasteiger partial charge in [-0.2, -0.15) is 0 Å². The van der Waals surface area contributed by atoms with Crippen molar-refractivity contribution in [2.45, 2.75) is 45.8 Å². The van der Waals surface area contributed by atoms with E-state index in [1.807, 2.05) is 12.1 Å². The zero-order chi connectivity index (χ0) is 17.4. The Kier molecular flexibility index (Phi) is 9.58. The third kappa shape index (κ3) is 7.07. The number of benzene rings is 2. The van der Waals surface area contributed by atoms with Gasteiger partial charge in [-0.15, -0.1) is 12.4 Å². The Bertz CT molecular complexity index is 598. The molecule has 2 atom stereocenters. The summed E-state index contributed by atoms with van der Waals surface area (Å²) in [4.78, 5) is 0. The van der Waals surface area contributed by atoms with Crippen LogP contribution in [-0.4, -0.2) is 24.4 Å². The molecule has 2 N–H and O–H groups in total. The first-order valence-corrected chi connectivity index (χ1v) is 8.84. The van der Waals surface area contributed by atoms with Crippen LogP contribution in [0.15, 0.2) is 48.5 Å². The lowest BCUT2D eigenvalue weighted by atomic mass is 10.0. The van der Waals surface area contributed by atoms with Crippen molar-refractivity contribution in [2.75, 3.05) is 13.2 Å². The lowest BCUT2D eigenvalue weighted by Gasteiger charge is -2.18. The molecule has 2 aromatic rings. The van der Waals surface area contributed by atoms with Crippen molar-refractivity contribution in [1.82, 2.24) is 5.32 Å². The van der Waals surface area contributed by atoms with Gasteiger partial charge in [0.05, 0.1) is 0 Å². The minimum Gasteiger partial charge on any atom is -0.491 e. The molecule has 3 nitrogen and oxygen atoms in total. The predicted octanol–water partition coefficient (Wildman–Crippen LogP) is 4.32. The first-order valence-electron chi connectivity index (χ1n) is 8.84. The molecule has 0 saturated carbocycles. The second kappa shape index (κ2) is 11.1. The van der Waals surface area contributed by atoms with Crippen LogP contribution >= 0.6 is 12.4 Å². The van der Waals surface area contributed by atoms with E-state index in [1.165, 1.54) is 16.7 Å². The Balaban J connectivity index is 0.00000312. The fourth-order valence-electron chi connectivity index (χ4n) is 2.55. The van der Waals surface area contributed by atoms with E-state index >= 15 is 0 Å². The molecule has 138 valence electrons. The molecule has 0 aliphatic carbocycles. The molecule has 0 aliphatic rings. The molecule has 2 aromatic carbocycles. The van der Waals surface area contributed by atoms with Gasteiger partial charge >= 0.3 is 0 Å². The van der Waals surface area contributed by atoms with Crippen LogP contribution in [0, 0.1) is 0 Å². The van der Waals surface area contributed by atoms with Gasteiger partial charge in [-0.05, 0) is 48.6 Å². The molecule has 4 heteroatoms. The molecule has 0 aromatic heterocycles. The minimum absolute atomic E-state index is 0. The van der Waals surface area contributed by atoms with Gasteiger partial charge in [0.25, 0.3) is 0 Å². The molecule has 2 rings (SSSR count). The largest absolute Gasteiger partial charge is 0.491 e. The standard InChI is InChI=1S/C21H29NO2.ClH/c1-4-17-6-10-19(11-7-17)16(3)22-14-20(23)15-24-21-12-8-18(5-2)9-13-21;/h6-13,16,20,22-23H,4-5,14-15H2,1-3H3;1H. The molecular weight excluding hydrogens is 334 g/mol. The molecule has 25 heavy (non-hydrogen) atoms. The molecule has 0 heterocycles. The number of halogens is 1. The number of aliphatic hydroxyl groups excluding tert-OH is 1. The lowest BCUT2D eigenvalue weighted by molar-refractivity contribution is 0.104. The predicted molar refractivity (Wildman–Crippen MR) is 107 cm³/mol. The van der Waals surface area contributed by atoms with Gasteiger partial charge in [0.2, 0.25) is 0 Å². The van der Waals surface area contributed by atoms with E-state index in [9.17, 15) is 5.11 Å². The van der Waals surface area contributed by atoms with E-state index in [0.717, 1.165) is 18.6 Å². The topological polar surface area (TPSA) is 41.5 Å². The van der Waals surface area contributed by atoms with E-state index in [2.05, 4.69) is 62.5 Å². The zero-order valence-corrected chi connectivity index (χ0v) is 16.2. The van der Waals surface area contributed by atoms with Gasteiger partial charge in [0.1, 0.15) is 18.5 Å². The van der Waals surface area contributed by atoms with Gasteiger partial charge in [0, 0.05) is 12.6 Å². The average molecular weight is 364 g/mol. The van der Waals surface area contributed by atoms with Gasteiger partial charge in [-0.1, -0.05) is 50.2 Å². The number of ether oxygens (including phenoxy) is 1. The van der Waals surface area contributed by atoms with Crippen LogP contribution in [0.3, 0.4) is 0 Å². The second-order valence-corrected chi connectivity index (χ2v) is 6.19. The number of hydrogen-bond donors (Lipinski definition) is 2. The van der Waals surface area contributed by atoms with Crippen LogP contribution in [-0.2, 0) is 12.8 Å². The highest BCUT2D eigenvalue weighted by Gasteiger charge is 2.09. The van der Waals surface area contributed by atoms with Crippen LogP contribution in [0.1, 0.15) is 43.5 Å². The summed E-state index contributed by atoms with van der Waals surface area (Å²) in [6.45, 7) is 7.19. The van der Waals surface area contributed by atoms with Crippen LogP contribution in [0.25, 0.3) is 0 Å². The van der Waals surface area contributed by atoms with Crippen molar-refractivity contribution >= 4 is 12.4 Å². The van der Waals surface area contributed by atoms with E-state index in [4.69, 9.17) is 4.74 Å². The van der Waals surface area contributed by atoms with Crippen molar-refractivity contribution in [1.29, 1.82) is 0 Å². The van der Waals surface area contributed by atoms with Gasteiger partial charge in [-0.3, -0.25) is 0 Å². The van der Waals surface area contributed by atoms with Crippen LogP contribution in [0.2, 0.25) is 0 Å². The number of aryl methyl sites for hydroxylation is 2. The summed E-state index contributed by atoms with van der Waals surface area (Å²) in [5, 5.41) is 13.5. The maximum absolute atomic E-state index is 10.1. The molecule has 0 saturated heterocycles. The summed E-state index contributed by atoms with van der Waals surface area (Å²) < 4.78 is 5.65. The van der Waals surface area contributed by atoms with Crippen molar-refractivity contribution in [3.05, 3.63) is 65.2 Å². The highest BCUT2D eigenvalue weighted by Crippen LogP contribution is 2.15. The number of rotatable bonds is 9. The van der Waals surface area contributed by atoms with Crippen molar-refractivity contribution in [3.63, 3.8) is 0 Å². The van der Waals surface area contributed by atoms with Gasteiger partial charge in [0.15, 0.2) is 0 Å². The smallest absolute Gasteiger partial charge is 0.119 e. The summed E-state index contributed by atoms with van der Waals surface area (Å²) in [5.74, 6) is 0.800. The maximum Gasteiger partial charge on any atom is 0.119 e. The molecule has 0 aliphatic heterocycles. The van der Waals surface area contributed by atoms with E-state index in [-0.39, 0.29) is 18.4 Å². The summed E-state index contributed by atoms with van der Waals surface area (Å²) in [6.07, 6.45) is 1.54. The fourth-order valence-corrected chi connectivity index (χ4v) is 2.55. The summed E-state index contributed by atoms with van der Waals surface area (Å²) >= 11 is 0. The van der Waals surface area contributed by atoms with Crippen LogP contribution in [0.4, 0.5) is 0 Å². The monoisotopic (exact) mass is 363 g/mol. The number of hydrogen-bond acceptors (Lipinski definition) is 3. The van der Waals surface area contributed by atoms with Crippen molar-refractivity contribution in [3.8, 4) is 5.75 Å². The Morgan fingerprint density at radius 3 is 1.96 bits per heavy atom. The molecule has 0 spiro atoms. The summed E-state index contributed by atoms with van der Waals surface area (Å²) in [6, 6.07) is 16.8. The van der Waals surface area contributed by atoms with Crippen molar-refractivity contribution in [2.24, 2.45) is 0 Å². The van der Waals surface area contributed by atoms with E-state index in [0.29, 0.717) is 13.2 Å². The van der Waals surface area contributed by atoms with Crippen LogP contribution < -0.4 is 10.1 Å². The Labute approximate surface area is 157 Å². The first kappa shape index (κ1) is 21.5. The lowest BCUT2D eigenvalue weighted by Crippen LogP contribution is -2.33. The molecular formula is C21H30ClNO2. The first-order chi connectivity index (χ1) is 11.6. The normalized spacial score (nSPS) is 13.0. The SMILES string of the molecule is CCc1ccc(OCC(O)CNC(C)c2ccc(CC)cc2)cc1.Cl. The average Bonchev–Trinajstić information content (AvgIpc) is 2.64. The third-order valence-corrected chi connectivity index (χ3v) is 4.32. The molecule has 0 amide bonds. The maximum atomic E-state index is 10.1. The quantitative estimate of drug-likeness (QED) is 0.697. The third-order valence-electron chi connectivity index (χ3n) is 4.32. The Hall–Kier alpha value is -1.55. The Morgan fingerprint density at radius 2 is 1.44 bits per heavy atom. The highest BCUT2D eigenvalue weighted by molar-refractivity contribution is 5.85. The van der Waals surface area contributed by atoms with Crippen molar-refractivity contribution < 1.29 is 9.84 Å². The van der Waals surface area contributed by atoms with E-state index < -0.39 is 6.10 Å². The zero-order valence-electron chi connectivity index (χ0n) is 15.4. The van der Waals surface area contributed by atoms with E-state index in [1.54, 1.807) is 0 Å². The molecule has 0 bridgehead atoms. The molecule has 0 radical (unpaired) electrons. The van der Waals surface area contributed by atoms with Gasteiger partial charge in [-0.25, -0.2) is 0 Å². The van der Waals surface area contributed by atoms with Crippen LogP contribution in [0.5, 0.6) is 5.75 Å². The fraction of sp³-hybridized carbons (Fsp3) is 0.429. The summed E-state index contributed by atoms with van der Waals surface area (Å²) in [5.41, 5.74) is 3.86. The highest BCUT2D eigenvalue weighted by atomic mass is 35.5. The minimum atomic E-state index is -0.534. The molecule has 0 fully saturated rings. The number of nitrogens with one attached hydrogen (secondary N) is 1. The molecule has 2 unspecified atom stereocenters. The van der Waals surface area contributed by atoms with Gasteiger partial charge < -0.3 is 15.2 Å². The summed E-state index contributed by atoms with van der Waals surface area (Å²) in [7, 11) is 0.